The zero-order chi connectivity index (χ0) is 14.5. The summed E-state index contributed by atoms with van der Waals surface area (Å²) < 4.78 is 5.58. The molecule has 1 fully saturated rings. The van der Waals surface area contributed by atoms with Crippen molar-refractivity contribution in [2.45, 2.75) is 18.9 Å². The maximum atomic E-state index is 11.9. The van der Waals surface area contributed by atoms with Crippen molar-refractivity contribution >= 4 is 16.7 Å². The van der Waals surface area contributed by atoms with E-state index in [9.17, 15) is 4.79 Å². The number of fused-ring (bicyclic) bond motifs is 1. The van der Waals surface area contributed by atoms with E-state index in [1.54, 1.807) is 0 Å². The van der Waals surface area contributed by atoms with Crippen molar-refractivity contribution in [3.05, 3.63) is 42.5 Å². The molecule has 4 nitrogen and oxygen atoms in total. The normalized spacial score (nSPS) is 18.4. The predicted molar refractivity (Wildman–Crippen MR) is 83.5 cm³/mol. The molecule has 1 heterocycles. The highest BCUT2D eigenvalue weighted by atomic mass is 16.5. The summed E-state index contributed by atoms with van der Waals surface area (Å²) in [7, 11) is 0. The van der Waals surface area contributed by atoms with Crippen LogP contribution in [0.3, 0.4) is 0 Å². The van der Waals surface area contributed by atoms with Gasteiger partial charge < -0.3 is 15.4 Å². The smallest absolute Gasteiger partial charge is 0.258 e. The van der Waals surface area contributed by atoms with Crippen molar-refractivity contribution in [1.82, 2.24) is 10.6 Å². The van der Waals surface area contributed by atoms with Crippen LogP contribution < -0.4 is 15.4 Å². The van der Waals surface area contributed by atoms with E-state index >= 15 is 0 Å². The van der Waals surface area contributed by atoms with Gasteiger partial charge in [0.15, 0.2) is 6.61 Å². The Bertz CT molecular complexity index is 621. The topological polar surface area (TPSA) is 50.4 Å². The second-order valence-electron chi connectivity index (χ2n) is 5.41. The Morgan fingerprint density at radius 1 is 1.24 bits per heavy atom. The van der Waals surface area contributed by atoms with E-state index in [4.69, 9.17) is 4.74 Å². The summed E-state index contributed by atoms with van der Waals surface area (Å²) >= 11 is 0. The molecule has 1 atom stereocenters. The van der Waals surface area contributed by atoms with Gasteiger partial charge in [-0.1, -0.05) is 30.3 Å². The second kappa shape index (κ2) is 6.59. The van der Waals surface area contributed by atoms with Crippen LogP contribution in [0.25, 0.3) is 10.8 Å². The minimum atomic E-state index is -0.0585. The summed E-state index contributed by atoms with van der Waals surface area (Å²) in [6, 6.07) is 14.2. The van der Waals surface area contributed by atoms with Crippen LogP contribution in [0.1, 0.15) is 12.8 Å². The van der Waals surface area contributed by atoms with Gasteiger partial charge in [0.25, 0.3) is 5.91 Å². The lowest BCUT2D eigenvalue weighted by molar-refractivity contribution is -0.123. The molecule has 1 unspecified atom stereocenters. The molecular weight excluding hydrogens is 264 g/mol. The number of carbonyl (C=O) groups excluding carboxylic acids is 1. The van der Waals surface area contributed by atoms with Gasteiger partial charge in [0.1, 0.15) is 5.75 Å². The Hall–Kier alpha value is -2.07. The van der Waals surface area contributed by atoms with Crippen LogP contribution in [0.2, 0.25) is 0 Å². The number of amides is 1. The molecule has 1 aliphatic rings. The molecule has 3 rings (SSSR count). The largest absolute Gasteiger partial charge is 0.484 e. The number of benzene rings is 2. The van der Waals surface area contributed by atoms with Crippen molar-refractivity contribution in [3.8, 4) is 5.75 Å². The van der Waals surface area contributed by atoms with Crippen LogP contribution in [-0.4, -0.2) is 31.6 Å². The third-order valence-corrected chi connectivity index (χ3v) is 3.75. The molecule has 2 N–H and O–H groups in total. The fourth-order valence-corrected chi connectivity index (χ4v) is 2.65. The van der Waals surface area contributed by atoms with Crippen LogP contribution in [0, 0.1) is 0 Å². The number of hydrogen-bond acceptors (Lipinski definition) is 3. The van der Waals surface area contributed by atoms with Crippen LogP contribution in [0.4, 0.5) is 0 Å². The molecule has 0 aliphatic carbocycles. The lowest BCUT2D eigenvalue weighted by Crippen LogP contribution is -2.46. The molecule has 1 saturated heterocycles. The highest BCUT2D eigenvalue weighted by Crippen LogP contribution is 2.20. The highest BCUT2D eigenvalue weighted by molar-refractivity contribution is 5.84. The Morgan fingerprint density at radius 2 is 2.10 bits per heavy atom. The molecule has 0 bridgehead atoms. The molecule has 0 saturated carbocycles. The molecule has 110 valence electrons. The van der Waals surface area contributed by atoms with Crippen molar-refractivity contribution in [2.75, 3.05) is 19.7 Å². The van der Waals surface area contributed by atoms with Crippen LogP contribution in [-0.2, 0) is 4.79 Å². The van der Waals surface area contributed by atoms with Gasteiger partial charge in [-0.3, -0.25) is 4.79 Å². The van der Waals surface area contributed by atoms with Gasteiger partial charge in [-0.25, -0.2) is 0 Å². The highest BCUT2D eigenvalue weighted by Gasteiger charge is 2.15. The first-order valence-electron chi connectivity index (χ1n) is 7.43. The minimum absolute atomic E-state index is 0.0585. The zero-order valence-electron chi connectivity index (χ0n) is 12.0. The second-order valence-corrected chi connectivity index (χ2v) is 5.41. The maximum absolute atomic E-state index is 11.9. The Morgan fingerprint density at radius 3 is 2.90 bits per heavy atom. The Kier molecular flexibility index (Phi) is 4.36. The third-order valence-electron chi connectivity index (χ3n) is 3.75. The summed E-state index contributed by atoms with van der Waals surface area (Å²) in [6.07, 6.45) is 2.14. The summed E-state index contributed by atoms with van der Waals surface area (Å²) in [5, 5.41) is 8.56. The summed E-state index contributed by atoms with van der Waals surface area (Å²) in [5.74, 6) is 0.669. The number of piperidine rings is 1. The van der Waals surface area contributed by atoms with E-state index in [-0.39, 0.29) is 18.6 Å². The van der Waals surface area contributed by atoms with Crippen LogP contribution in [0.15, 0.2) is 42.5 Å². The summed E-state index contributed by atoms with van der Waals surface area (Å²) in [5.41, 5.74) is 0. The molecular formula is C17H20N2O2. The lowest BCUT2D eigenvalue weighted by Gasteiger charge is -2.23. The summed E-state index contributed by atoms with van der Waals surface area (Å²) in [6.45, 7) is 1.95. The molecule has 0 aromatic heterocycles. The quantitative estimate of drug-likeness (QED) is 0.904. The van der Waals surface area contributed by atoms with Crippen molar-refractivity contribution < 1.29 is 9.53 Å². The number of carbonyl (C=O) groups is 1. The van der Waals surface area contributed by atoms with Crippen molar-refractivity contribution in [3.63, 3.8) is 0 Å². The van der Waals surface area contributed by atoms with E-state index < -0.39 is 0 Å². The van der Waals surface area contributed by atoms with Gasteiger partial charge in [-0.15, -0.1) is 0 Å². The standard InChI is InChI=1S/C17H20N2O2/c20-17(19-15-6-3-9-18-11-15)12-21-16-8-7-13-4-1-2-5-14(13)10-16/h1-2,4-5,7-8,10,15,18H,3,6,9,11-12H2,(H,19,20). The molecule has 1 amide bonds. The van der Waals surface area contributed by atoms with Gasteiger partial charge in [-0.2, -0.15) is 0 Å². The van der Waals surface area contributed by atoms with Gasteiger partial charge in [0.2, 0.25) is 0 Å². The fourth-order valence-electron chi connectivity index (χ4n) is 2.65. The first-order valence-corrected chi connectivity index (χ1v) is 7.43. The molecule has 21 heavy (non-hydrogen) atoms. The Labute approximate surface area is 124 Å². The number of rotatable bonds is 4. The van der Waals surface area contributed by atoms with Gasteiger partial charge in [0, 0.05) is 12.6 Å². The van der Waals surface area contributed by atoms with E-state index in [0.29, 0.717) is 0 Å². The molecule has 2 aromatic rings. The maximum Gasteiger partial charge on any atom is 0.258 e. The first kappa shape index (κ1) is 13.9. The molecule has 2 aromatic carbocycles. The van der Waals surface area contributed by atoms with Crippen molar-refractivity contribution in [1.29, 1.82) is 0 Å². The van der Waals surface area contributed by atoms with E-state index in [1.165, 1.54) is 5.39 Å². The SMILES string of the molecule is O=C(COc1ccc2ccccc2c1)NC1CCCNC1. The first-order chi connectivity index (χ1) is 10.3. The van der Waals surface area contributed by atoms with E-state index in [1.807, 2.05) is 36.4 Å². The fraction of sp³-hybridized carbons (Fsp3) is 0.353. The van der Waals surface area contributed by atoms with E-state index in [2.05, 4.69) is 16.7 Å². The number of nitrogens with one attached hydrogen (secondary N) is 2. The molecule has 0 spiro atoms. The van der Waals surface area contributed by atoms with Gasteiger partial charge >= 0.3 is 0 Å². The Balaban J connectivity index is 1.54. The van der Waals surface area contributed by atoms with Crippen molar-refractivity contribution in [2.24, 2.45) is 0 Å². The van der Waals surface area contributed by atoms with Gasteiger partial charge in [0.05, 0.1) is 0 Å². The average molecular weight is 284 g/mol. The van der Waals surface area contributed by atoms with Crippen LogP contribution >= 0.6 is 0 Å². The van der Waals surface area contributed by atoms with Crippen LogP contribution in [0.5, 0.6) is 5.75 Å². The summed E-state index contributed by atoms with van der Waals surface area (Å²) in [4.78, 5) is 11.9. The monoisotopic (exact) mass is 284 g/mol. The third kappa shape index (κ3) is 3.73. The zero-order valence-corrected chi connectivity index (χ0v) is 12.0. The number of hydrogen-bond donors (Lipinski definition) is 2. The number of ether oxygens (including phenoxy) is 1. The molecule has 1 aliphatic heterocycles. The van der Waals surface area contributed by atoms with E-state index in [0.717, 1.165) is 37.1 Å². The average Bonchev–Trinajstić information content (AvgIpc) is 2.54. The predicted octanol–water partition coefficient (Wildman–Crippen LogP) is 2.09. The van der Waals surface area contributed by atoms with Gasteiger partial charge in [-0.05, 0) is 42.3 Å². The minimum Gasteiger partial charge on any atom is -0.484 e. The molecule has 0 radical (unpaired) electrons. The lowest BCUT2D eigenvalue weighted by atomic mass is 10.1. The molecule has 4 heteroatoms.